The topological polar surface area (TPSA) is 81.5 Å². The molecule has 1 rings (SSSR count). The van der Waals surface area contributed by atoms with Crippen molar-refractivity contribution in [2.75, 3.05) is 20.2 Å². The average Bonchev–Trinajstić information content (AvgIpc) is 2.70. The van der Waals surface area contributed by atoms with Gasteiger partial charge in [0.05, 0.1) is 13.5 Å². The number of aromatic nitrogens is 2. The zero-order chi connectivity index (χ0) is 14.6. The number of hydrogen-bond acceptors (Lipinski definition) is 5. The van der Waals surface area contributed by atoms with Crippen molar-refractivity contribution in [1.29, 1.82) is 0 Å². The van der Waals surface area contributed by atoms with E-state index in [1.54, 1.807) is 25.5 Å². The molecular formula is C11H19N3O4S. The van der Waals surface area contributed by atoms with E-state index in [9.17, 15) is 13.2 Å². The summed E-state index contributed by atoms with van der Waals surface area (Å²) in [6, 6.07) is 0. The van der Waals surface area contributed by atoms with Crippen LogP contribution in [0.5, 0.6) is 0 Å². The first-order valence-electron chi connectivity index (χ1n) is 5.89. The zero-order valence-electron chi connectivity index (χ0n) is 11.6. The van der Waals surface area contributed by atoms with Gasteiger partial charge in [-0.25, -0.2) is 13.4 Å². The fraction of sp³-hybridized carbons (Fsp3) is 0.636. The summed E-state index contributed by atoms with van der Waals surface area (Å²) >= 11 is 0. The van der Waals surface area contributed by atoms with Gasteiger partial charge in [0.2, 0.25) is 0 Å². The molecule has 0 fully saturated rings. The SMILES string of the molecule is CCN(CCC(=O)OC)S(=O)(=O)c1cn(C)c(C)n1. The van der Waals surface area contributed by atoms with Crippen molar-refractivity contribution in [3.05, 3.63) is 12.0 Å². The highest BCUT2D eigenvalue weighted by molar-refractivity contribution is 7.89. The van der Waals surface area contributed by atoms with Gasteiger partial charge in [-0.1, -0.05) is 6.92 Å². The van der Waals surface area contributed by atoms with Gasteiger partial charge in [-0.15, -0.1) is 0 Å². The van der Waals surface area contributed by atoms with Crippen LogP contribution in [0.1, 0.15) is 19.2 Å². The quantitative estimate of drug-likeness (QED) is 0.704. The molecule has 0 aliphatic heterocycles. The van der Waals surface area contributed by atoms with Crippen molar-refractivity contribution < 1.29 is 17.9 Å². The predicted molar refractivity (Wildman–Crippen MR) is 69.0 cm³/mol. The summed E-state index contributed by atoms with van der Waals surface area (Å²) in [7, 11) is -0.662. The van der Waals surface area contributed by atoms with Crippen molar-refractivity contribution in [3.8, 4) is 0 Å². The molecule has 19 heavy (non-hydrogen) atoms. The van der Waals surface area contributed by atoms with Crippen LogP contribution in [0, 0.1) is 6.92 Å². The summed E-state index contributed by atoms with van der Waals surface area (Å²) in [6.45, 7) is 3.80. The van der Waals surface area contributed by atoms with Crippen LogP contribution in [0.2, 0.25) is 0 Å². The molecule has 0 aliphatic carbocycles. The molecule has 0 atom stereocenters. The van der Waals surface area contributed by atoms with Crippen LogP contribution < -0.4 is 0 Å². The number of esters is 1. The van der Waals surface area contributed by atoms with Crippen molar-refractivity contribution in [1.82, 2.24) is 13.9 Å². The molecule has 8 heteroatoms. The Balaban J connectivity index is 2.92. The number of ether oxygens (including phenoxy) is 1. The van der Waals surface area contributed by atoms with Crippen LogP contribution >= 0.6 is 0 Å². The average molecular weight is 289 g/mol. The highest BCUT2D eigenvalue weighted by Crippen LogP contribution is 2.14. The Morgan fingerprint density at radius 1 is 1.53 bits per heavy atom. The maximum absolute atomic E-state index is 12.3. The van der Waals surface area contributed by atoms with Gasteiger partial charge >= 0.3 is 5.97 Å². The van der Waals surface area contributed by atoms with Crippen LogP contribution in [0.4, 0.5) is 0 Å². The Bertz CT molecular complexity index is 531. The van der Waals surface area contributed by atoms with Gasteiger partial charge in [-0.2, -0.15) is 4.31 Å². The third-order valence-electron chi connectivity index (χ3n) is 2.84. The number of imidazole rings is 1. The Morgan fingerprint density at radius 3 is 2.58 bits per heavy atom. The summed E-state index contributed by atoms with van der Waals surface area (Å²) in [4.78, 5) is 15.1. The van der Waals surface area contributed by atoms with E-state index in [1.165, 1.54) is 17.6 Å². The van der Waals surface area contributed by atoms with E-state index in [0.29, 0.717) is 5.82 Å². The standard InChI is InChI=1S/C11H19N3O4S/c1-5-14(7-6-11(15)18-4)19(16,17)10-8-13(3)9(2)12-10/h8H,5-7H2,1-4H3. The Morgan fingerprint density at radius 2 is 2.16 bits per heavy atom. The van der Waals surface area contributed by atoms with E-state index in [0.717, 1.165) is 0 Å². The highest BCUT2D eigenvalue weighted by Gasteiger charge is 2.26. The summed E-state index contributed by atoms with van der Waals surface area (Å²) < 4.78 is 32.0. The van der Waals surface area contributed by atoms with Crippen LogP contribution in [0.15, 0.2) is 11.2 Å². The number of carbonyl (C=O) groups excluding carboxylic acids is 1. The third kappa shape index (κ3) is 3.54. The molecule has 0 amide bonds. The summed E-state index contributed by atoms with van der Waals surface area (Å²) in [5.41, 5.74) is 0. The molecule has 1 heterocycles. The lowest BCUT2D eigenvalue weighted by atomic mass is 10.4. The zero-order valence-corrected chi connectivity index (χ0v) is 12.4. The normalized spacial score (nSPS) is 11.8. The molecular weight excluding hydrogens is 270 g/mol. The lowest BCUT2D eigenvalue weighted by Crippen LogP contribution is -2.33. The molecule has 0 saturated heterocycles. The van der Waals surface area contributed by atoms with Crippen molar-refractivity contribution in [3.63, 3.8) is 0 Å². The van der Waals surface area contributed by atoms with Crippen molar-refractivity contribution in [2.24, 2.45) is 7.05 Å². The molecule has 0 radical (unpaired) electrons. The minimum absolute atomic E-state index is 0.000726. The van der Waals surface area contributed by atoms with Gasteiger partial charge in [0.25, 0.3) is 10.0 Å². The van der Waals surface area contributed by atoms with Gasteiger partial charge in [-0.3, -0.25) is 4.79 Å². The maximum atomic E-state index is 12.3. The van der Waals surface area contributed by atoms with Crippen molar-refractivity contribution >= 4 is 16.0 Å². The minimum atomic E-state index is -3.66. The molecule has 0 N–H and O–H groups in total. The molecule has 0 aliphatic rings. The monoisotopic (exact) mass is 289 g/mol. The molecule has 0 saturated carbocycles. The summed E-state index contributed by atoms with van der Waals surface area (Å²) in [6.07, 6.45) is 1.49. The van der Waals surface area contributed by atoms with Crippen molar-refractivity contribution in [2.45, 2.75) is 25.3 Å². The minimum Gasteiger partial charge on any atom is -0.469 e. The van der Waals surface area contributed by atoms with E-state index in [1.807, 2.05) is 0 Å². The van der Waals surface area contributed by atoms with E-state index in [-0.39, 0.29) is 24.5 Å². The highest BCUT2D eigenvalue weighted by atomic mass is 32.2. The first-order chi connectivity index (χ1) is 8.82. The summed E-state index contributed by atoms with van der Waals surface area (Å²) in [5, 5.41) is -0.000726. The molecule has 0 bridgehead atoms. The van der Waals surface area contributed by atoms with E-state index in [4.69, 9.17) is 0 Å². The van der Waals surface area contributed by atoms with Gasteiger partial charge in [0.1, 0.15) is 5.82 Å². The number of methoxy groups -OCH3 is 1. The third-order valence-corrected chi connectivity index (χ3v) is 4.68. The van der Waals surface area contributed by atoms with Crippen LogP contribution in [0.25, 0.3) is 0 Å². The number of aryl methyl sites for hydroxylation is 2. The lowest BCUT2D eigenvalue weighted by molar-refractivity contribution is -0.140. The maximum Gasteiger partial charge on any atom is 0.306 e. The Hall–Kier alpha value is -1.41. The molecule has 0 unspecified atom stereocenters. The van der Waals surface area contributed by atoms with E-state index in [2.05, 4.69) is 9.72 Å². The predicted octanol–water partition coefficient (Wildman–Crippen LogP) is 0.302. The molecule has 108 valence electrons. The second-order valence-electron chi connectivity index (χ2n) is 4.06. The van der Waals surface area contributed by atoms with Crippen LogP contribution in [-0.2, 0) is 26.6 Å². The van der Waals surface area contributed by atoms with Crippen LogP contribution in [0.3, 0.4) is 0 Å². The molecule has 0 spiro atoms. The second kappa shape index (κ2) is 6.16. The molecule has 0 aromatic carbocycles. The Kier molecular flexibility index (Phi) is 5.07. The van der Waals surface area contributed by atoms with Gasteiger partial charge in [-0.05, 0) is 6.92 Å². The first-order valence-corrected chi connectivity index (χ1v) is 7.33. The van der Waals surface area contributed by atoms with E-state index < -0.39 is 16.0 Å². The number of hydrogen-bond donors (Lipinski definition) is 0. The molecule has 7 nitrogen and oxygen atoms in total. The van der Waals surface area contributed by atoms with Gasteiger partial charge < -0.3 is 9.30 Å². The smallest absolute Gasteiger partial charge is 0.306 e. The number of rotatable bonds is 6. The molecule has 1 aromatic rings. The van der Waals surface area contributed by atoms with Gasteiger partial charge in [0.15, 0.2) is 5.03 Å². The number of carbonyl (C=O) groups is 1. The lowest BCUT2D eigenvalue weighted by Gasteiger charge is -2.18. The number of sulfonamides is 1. The Labute approximate surface area is 113 Å². The fourth-order valence-corrected chi connectivity index (χ4v) is 3.02. The van der Waals surface area contributed by atoms with E-state index >= 15 is 0 Å². The first kappa shape index (κ1) is 15.6. The fourth-order valence-electron chi connectivity index (χ4n) is 1.55. The largest absolute Gasteiger partial charge is 0.469 e. The molecule has 1 aromatic heterocycles. The summed E-state index contributed by atoms with van der Waals surface area (Å²) in [5.74, 6) is 0.174. The van der Waals surface area contributed by atoms with Gasteiger partial charge in [0, 0.05) is 26.3 Å². The number of nitrogens with zero attached hydrogens (tertiary/aromatic N) is 3. The second-order valence-corrected chi connectivity index (χ2v) is 5.94. The van der Waals surface area contributed by atoms with Crippen LogP contribution in [-0.4, -0.2) is 48.4 Å².